The molecule has 0 fully saturated rings. The molecule has 2 heteroatoms. The van der Waals surface area contributed by atoms with Gasteiger partial charge in [0.15, 0.2) is 0 Å². The van der Waals surface area contributed by atoms with Gasteiger partial charge < -0.3 is 4.57 Å². The largest absolute Gasteiger partial charge is 0.309 e. The van der Waals surface area contributed by atoms with Crippen LogP contribution in [0.25, 0.3) is 115 Å². The second-order valence-corrected chi connectivity index (χ2v) is 15.1. The topological polar surface area (TPSA) is 17.8 Å². The molecule has 0 amide bonds. The number of rotatable bonds is 4. The van der Waals surface area contributed by atoms with Gasteiger partial charge in [0.1, 0.15) is 0 Å². The molecule has 0 radical (unpaired) electrons. The predicted octanol–water partition coefficient (Wildman–Crippen LogP) is 14.9. The molecule has 264 valence electrons. The normalized spacial score (nSPS) is 11.9. The average molecular weight is 723 g/mol. The molecular weight excluding hydrogens is 689 g/mol. The molecular formula is C55H34N2. The summed E-state index contributed by atoms with van der Waals surface area (Å²) in [5, 5.41) is 13.8. The Kier molecular flexibility index (Phi) is 6.96. The lowest BCUT2D eigenvalue weighted by Gasteiger charge is -2.19. The molecule has 0 saturated heterocycles. The first-order chi connectivity index (χ1) is 28.3. The summed E-state index contributed by atoms with van der Waals surface area (Å²) in [6.07, 6.45) is 1.86. The third-order valence-corrected chi connectivity index (χ3v) is 12.0. The van der Waals surface area contributed by atoms with E-state index in [9.17, 15) is 0 Å². The maximum absolute atomic E-state index is 4.57. The first kappa shape index (κ1) is 31.8. The minimum atomic E-state index is 1.01. The quantitative estimate of drug-likeness (QED) is 0.165. The number of aromatic nitrogens is 2. The zero-order valence-electron chi connectivity index (χ0n) is 31.0. The minimum Gasteiger partial charge on any atom is -0.309 e. The van der Waals surface area contributed by atoms with Crippen LogP contribution in [0.1, 0.15) is 0 Å². The van der Waals surface area contributed by atoms with Crippen molar-refractivity contribution in [3.8, 4) is 39.1 Å². The van der Waals surface area contributed by atoms with Crippen molar-refractivity contribution < 1.29 is 0 Å². The summed E-state index contributed by atoms with van der Waals surface area (Å²) >= 11 is 0. The fourth-order valence-electron chi connectivity index (χ4n) is 9.44. The van der Waals surface area contributed by atoms with E-state index < -0.39 is 0 Å². The lowest BCUT2D eigenvalue weighted by molar-refractivity contribution is 1.18. The molecule has 10 aromatic carbocycles. The van der Waals surface area contributed by atoms with Crippen molar-refractivity contribution in [2.24, 2.45) is 0 Å². The van der Waals surface area contributed by atoms with Crippen LogP contribution in [-0.2, 0) is 0 Å². The fraction of sp³-hybridized carbons (Fsp3) is 0. The van der Waals surface area contributed by atoms with Crippen molar-refractivity contribution >= 4 is 75.8 Å². The molecule has 0 aliphatic heterocycles. The number of nitrogens with zero attached hydrogens (tertiary/aromatic N) is 2. The summed E-state index contributed by atoms with van der Waals surface area (Å²) in [7, 11) is 0. The van der Waals surface area contributed by atoms with Crippen LogP contribution in [0.3, 0.4) is 0 Å². The second kappa shape index (κ2) is 12.5. The van der Waals surface area contributed by atoms with Crippen molar-refractivity contribution in [2.75, 3.05) is 0 Å². The van der Waals surface area contributed by atoms with E-state index in [0.29, 0.717) is 0 Å². The summed E-state index contributed by atoms with van der Waals surface area (Å²) in [6.45, 7) is 0. The third-order valence-electron chi connectivity index (χ3n) is 12.0. The highest BCUT2D eigenvalue weighted by atomic mass is 15.0. The van der Waals surface area contributed by atoms with Gasteiger partial charge >= 0.3 is 0 Å². The Morgan fingerprint density at radius 2 is 0.825 bits per heavy atom. The van der Waals surface area contributed by atoms with Gasteiger partial charge in [-0.05, 0) is 125 Å². The van der Waals surface area contributed by atoms with Crippen LogP contribution in [0.2, 0.25) is 0 Å². The van der Waals surface area contributed by atoms with Crippen molar-refractivity contribution in [2.45, 2.75) is 0 Å². The SMILES string of the molecule is c1ccc(-c2c3ccccc3c(-c3ccc(-n4c5ccc6ccccc6c5c5c6ccccc6ccc54)cc3)c3ccc(-c4ccc5ncccc5c4)cc23)cc1. The van der Waals surface area contributed by atoms with Crippen LogP contribution >= 0.6 is 0 Å². The Labute approximate surface area is 329 Å². The van der Waals surface area contributed by atoms with Crippen LogP contribution in [0.5, 0.6) is 0 Å². The molecule has 57 heavy (non-hydrogen) atoms. The van der Waals surface area contributed by atoms with E-state index in [1.807, 2.05) is 12.3 Å². The average Bonchev–Trinajstić information content (AvgIpc) is 3.63. The van der Waals surface area contributed by atoms with Crippen molar-refractivity contribution in [3.05, 3.63) is 206 Å². The molecule has 0 aliphatic rings. The van der Waals surface area contributed by atoms with Crippen molar-refractivity contribution in [3.63, 3.8) is 0 Å². The number of fused-ring (bicyclic) bond motifs is 10. The molecule has 0 spiro atoms. The van der Waals surface area contributed by atoms with E-state index in [1.165, 1.54) is 98.3 Å². The van der Waals surface area contributed by atoms with Crippen LogP contribution in [0, 0.1) is 0 Å². The van der Waals surface area contributed by atoms with E-state index in [1.54, 1.807) is 0 Å². The lowest BCUT2D eigenvalue weighted by Crippen LogP contribution is -1.95. The smallest absolute Gasteiger partial charge is 0.0702 e. The van der Waals surface area contributed by atoms with Crippen LogP contribution < -0.4 is 0 Å². The predicted molar refractivity (Wildman–Crippen MR) is 242 cm³/mol. The molecule has 0 unspecified atom stereocenters. The number of hydrogen-bond donors (Lipinski definition) is 0. The monoisotopic (exact) mass is 722 g/mol. The standard InChI is InChI=1S/C55H34N2/c1-2-13-37(14-3-1)53-46-19-9-8-18-45(46)52(47-28-22-40(34-48(47)53)39-23-29-49-41(33-39)15-10-32-56-49)38-20-26-42(27-21-38)57-50-30-24-35-11-4-6-16-43(35)54(50)55-44-17-7-5-12-36(44)25-31-51(55)57/h1-34H. The van der Waals surface area contributed by atoms with E-state index in [2.05, 4.69) is 204 Å². The summed E-state index contributed by atoms with van der Waals surface area (Å²) < 4.78 is 2.45. The zero-order valence-corrected chi connectivity index (χ0v) is 31.0. The van der Waals surface area contributed by atoms with E-state index >= 15 is 0 Å². The third kappa shape index (κ3) is 4.87. The number of benzene rings is 10. The molecule has 2 heterocycles. The van der Waals surface area contributed by atoms with Gasteiger partial charge in [-0.25, -0.2) is 0 Å². The maximum atomic E-state index is 4.57. The van der Waals surface area contributed by atoms with E-state index in [0.717, 1.165) is 16.6 Å². The van der Waals surface area contributed by atoms with Crippen LogP contribution in [-0.4, -0.2) is 9.55 Å². The van der Waals surface area contributed by atoms with E-state index in [4.69, 9.17) is 0 Å². The number of hydrogen-bond acceptors (Lipinski definition) is 1. The molecule has 12 aromatic rings. The maximum Gasteiger partial charge on any atom is 0.0702 e. The second-order valence-electron chi connectivity index (χ2n) is 15.1. The minimum absolute atomic E-state index is 1.01. The van der Waals surface area contributed by atoms with Gasteiger partial charge in [0.2, 0.25) is 0 Å². The van der Waals surface area contributed by atoms with Gasteiger partial charge in [-0.3, -0.25) is 4.98 Å². The highest BCUT2D eigenvalue weighted by Crippen LogP contribution is 2.46. The Morgan fingerprint density at radius 3 is 1.51 bits per heavy atom. The highest BCUT2D eigenvalue weighted by molar-refractivity contribution is 6.28. The Morgan fingerprint density at radius 1 is 0.316 bits per heavy atom. The number of pyridine rings is 1. The molecule has 0 saturated carbocycles. The van der Waals surface area contributed by atoms with Gasteiger partial charge in [-0.1, -0.05) is 152 Å². The van der Waals surface area contributed by atoms with Gasteiger partial charge in [0.25, 0.3) is 0 Å². The first-order valence-corrected chi connectivity index (χ1v) is 19.6. The van der Waals surface area contributed by atoms with Gasteiger partial charge in [0, 0.05) is 28.0 Å². The molecule has 2 nitrogen and oxygen atoms in total. The summed E-state index contributed by atoms with van der Waals surface area (Å²) in [5.41, 5.74) is 11.9. The fourth-order valence-corrected chi connectivity index (χ4v) is 9.44. The summed E-state index contributed by atoms with van der Waals surface area (Å²) in [6, 6.07) is 73.5. The first-order valence-electron chi connectivity index (χ1n) is 19.6. The van der Waals surface area contributed by atoms with E-state index in [-0.39, 0.29) is 0 Å². The molecule has 0 N–H and O–H groups in total. The van der Waals surface area contributed by atoms with Gasteiger partial charge in [-0.2, -0.15) is 0 Å². The van der Waals surface area contributed by atoms with Crippen LogP contribution in [0.15, 0.2) is 206 Å². The summed E-state index contributed by atoms with van der Waals surface area (Å²) in [5.74, 6) is 0. The Hall–Kier alpha value is -7.55. The van der Waals surface area contributed by atoms with Crippen molar-refractivity contribution in [1.82, 2.24) is 9.55 Å². The zero-order chi connectivity index (χ0) is 37.5. The lowest BCUT2D eigenvalue weighted by atomic mass is 9.85. The Bertz CT molecular complexity index is 3470. The molecule has 12 rings (SSSR count). The van der Waals surface area contributed by atoms with Gasteiger partial charge in [0.05, 0.1) is 16.6 Å². The highest BCUT2D eigenvalue weighted by Gasteiger charge is 2.20. The van der Waals surface area contributed by atoms with Crippen molar-refractivity contribution in [1.29, 1.82) is 0 Å². The molecule has 2 aromatic heterocycles. The van der Waals surface area contributed by atoms with Crippen LogP contribution in [0.4, 0.5) is 0 Å². The molecule has 0 bridgehead atoms. The Balaban J connectivity index is 1.10. The van der Waals surface area contributed by atoms with Gasteiger partial charge in [-0.15, -0.1) is 0 Å². The molecule has 0 aliphatic carbocycles. The summed E-state index contributed by atoms with van der Waals surface area (Å²) in [4.78, 5) is 4.57. The molecule has 0 atom stereocenters.